The van der Waals surface area contributed by atoms with E-state index >= 15 is 0 Å². The van der Waals surface area contributed by atoms with Crippen molar-refractivity contribution < 1.29 is 9.50 Å². The summed E-state index contributed by atoms with van der Waals surface area (Å²) in [6.45, 7) is 7.97. The highest BCUT2D eigenvalue weighted by atomic mass is 19.1. The minimum absolute atomic E-state index is 0.0894. The molecular formula is C14H21FO. The van der Waals surface area contributed by atoms with Crippen molar-refractivity contribution in [2.75, 3.05) is 0 Å². The highest BCUT2D eigenvalue weighted by molar-refractivity contribution is 5.26. The number of aryl methyl sites for hydroxylation is 2. The molecule has 0 aromatic heterocycles. The Balaban J connectivity index is 2.62. The summed E-state index contributed by atoms with van der Waals surface area (Å²) in [5, 5.41) is 9.92. The van der Waals surface area contributed by atoms with Crippen LogP contribution in [-0.2, 0) is 6.42 Å². The number of hydrogen-bond donors (Lipinski definition) is 1. The zero-order chi connectivity index (χ0) is 12.3. The topological polar surface area (TPSA) is 20.2 Å². The summed E-state index contributed by atoms with van der Waals surface area (Å²) >= 11 is 0. The second-order valence-electron chi connectivity index (χ2n) is 5.49. The van der Waals surface area contributed by atoms with Crippen LogP contribution >= 0.6 is 0 Å². The van der Waals surface area contributed by atoms with E-state index in [2.05, 4.69) is 0 Å². The smallest absolute Gasteiger partial charge is 0.123 e. The lowest BCUT2D eigenvalue weighted by Crippen LogP contribution is -2.26. The summed E-state index contributed by atoms with van der Waals surface area (Å²) in [6.07, 6.45) is 1.19. The Kier molecular flexibility index (Phi) is 4.09. The van der Waals surface area contributed by atoms with Gasteiger partial charge in [0.25, 0.3) is 0 Å². The molecule has 1 unspecified atom stereocenters. The van der Waals surface area contributed by atoms with Gasteiger partial charge in [0.1, 0.15) is 5.82 Å². The van der Waals surface area contributed by atoms with Gasteiger partial charge in [0.05, 0.1) is 6.10 Å². The average molecular weight is 224 g/mol. The molecule has 0 saturated carbocycles. The van der Waals surface area contributed by atoms with E-state index in [0.717, 1.165) is 24.0 Å². The maximum Gasteiger partial charge on any atom is 0.123 e. The van der Waals surface area contributed by atoms with Crippen molar-refractivity contribution >= 4 is 0 Å². The lowest BCUT2D eigenvalue weighted by atomic mass is 9.85. The largest absolute Gasteiger partial charge is 0.393 e. The highest BCUT2D eigenvalue weighted by Crippen LogP contribution is 2.23. The molecule has 0 aliphatic carbocycles. The first-order chi connectivity index (χ1) is 7.30. The number of benzene rings is 1. The molecule has 16 heavy (non-hydrogen) atoms. The third-order valence-electron chi connectivity index (χ3n) is 2.99. The van der Waals surface area contributed by atoms with Gasteiger partial charge in [0, 0.05) is 0 Å². The first-order valence-corrected chi connectivity index (χ1v) is 5.74. The van der Waals surface area contributed by atoms with Crippen LogP contribution in [0.25, 0.3) is 0 Å². The monoisotopic (exact) mass is 224 g/mol. The standard InChI is InChI=1S/C14H21FO/c1-10-9-12(15)7-5-11(10)6-8-13(16)14(2,3)4/h5,7,9,13,16H,6,8H2,1-4H3. The molecule has 0 bridgehead atoms. The summed E-state index contributed by atoms with van der Waals surface area (Å²) in [5.74, 6) is -0.197. The highest BCUT2D eigenvalue weighted by Gasteiger charge is 2.21. The summed E-state index contributed by atoms with van der Waals surface area (Å²) in [5.41, 5.74) is 1.99. The molecule has 0 radical (unpaired) electrons. The van der Waals surface area contributed by atoms with Crippen molar-refractivity contribution in [3.8, 4) is 0 Å². The molecule has 0 aliphatic rings. The van der Waals surface area contributed by atoms with Crippen molar-refractivity contribution in [1.29, 1.82) is 0 Å². The predicted molar refractivity (Wildman–Crippen MR) is 64.9 cm³/mol. The maximum atomic E-state index is 12.9. The normalized spacial score (nSPS) is 13.9. The molecule has 0 spiro atoms. The summed E-state index contributed by atoms with van der Waals surface area (Å²) in [6, 6.07) is 4.82. The zero-order valence-corrected chi connectivity index (χ0v) is 10.5. The van der Waals surface area contributed by atoms with E-state index in [1.165, 1.54) is 6.07 Å². The van der Waals surface area contributed by atoms with Crippen LogP contribution in [0.4, 0.5) is 4.39 Å². The van der Waals surface area contributed by atoms with Gasteiger partial charge in [-0.2, -0.15) is 0 Å². The lowest BCUT2D eigenvalue weighted by Gasteiger charge is -2.25. The summed E-state index contributed by atoms with van der Waals surface area (Å²) < 4.78 is 12.9. The number of halogens is 1. The third kappa shape index (κ3) is 3.60. The molecule has 1 atom stereocenters. The first kappa shape index (κ1) is 13.2. The molecule has 1 N–H and O–H groups in total. The third-order valence-corrected chi connectivity index (χ3v) is 2.99. The quantitative estimate of drug-likeness (QED) is 0.833. The zero-order valence-electron chi connectivity index (χ0n) is 10.5. The SMILES string of the molecule is Cc1cc(F)ccc1CCC(O)C(C)(C)C. The Morgan fingerprint density at radius 1 is 1.31 bits per heavy atom. The van der Waals surface area contributed by atoms with E-state index < -0.39 is 0 Å². The van der Waals surface area contributed by atoms with E-state index in [-0.39, 0.29) is 17.3 Å². The molecule has 2 heteroatoms. The molecule has 1 aromatic rings. The van der Waals surface area contributed by atoms with Gasteiger partial charge < -0.3 is 5.11 Å². The minimum Gasteiger partial charge on any atom is -0.393 e. The van der Waals surface area contributed by atoms with Crippen LogP contribution in [0.5, 0.6) is 0 Å². The molecule has 0 saturated heterocycles. The van der Waals surface area contributed by atoms with E-state index in [1.807, 2.05) is 27.7 Å². The fourth-order valence-corrected chi connectivity index (χ4v) is 1.67. The van der Waals surface area contributed by atoms with Gasteiger partial charge in [-0.3, -0.25) is 0 Å². The minimum atomic E-state index is -0.322. The maximum absolute atomic E-state index is 12.9. The first-order valence-electron chi connectivity index (χ1n) is 5.74. The average Bonchev–Trinajstić information content (AvgIpc) is 2.14. The van der Waals surface area contributed by atoms with Gasteiger partial charge in [0.15, 0.2) is 0 Å². The summed E-state index contributed by atoms with van der Waals surface area (Å²) in [4.78, 5) is 0. The molecule has 0 heterocycles. The van der Waals surface area contributed by atoms with Gasteiger partial charge in [-0.15, -0.1) is 0 Å². The van der Waals surface area contributed by atoms with Crippen LogP contribution < -0.4 is 0 Å². The number of aliphatic hydroxyl groups excluding tert-OH is 1. The van der Waals surface area contributed by atoms with Crippen LogP contribution in [0.3, 0.4) is 0 Å². The van der Waals surface area contributed by atoms with E-state index in [1.54, 1.807) is 12.1 Å². The Labute approximate surface area is 97.3 Å². The van der Waals surface area contributed by atoms with Gasteiger partial charge in [-0.25, -0.2) is 4.39 Å². The van der Waals surface area contributed by atoms with Crippen LogP contribution in [0.2, 0.25) is 0 Å². The molecule has 1 aromatic carbocycles. The van der Waals surface area contributed by atoms with E-state index in [4.69, 9.17) is 0 Å². The Bertz CT molecular complexity index is 352. The fourth-order valence-electron chi connectivity index (χ4n) is 1.67. The van der Waals surface area contributed by atoms with Crippen molar-refractivity contribution in [3.63, 3.8) is 0 Å². The molecular weight excluding hydrogens is 203 g/mol. The second kappa shape index (κ2) is 4.96. The van der Waals surface area contributed by atoms with Crippen LogP contribution in [0, 0.1) is 18.2 Å². The number of rotatable bonds is 3. The second-order valence-corrected chi connectivity index (χ2v) is 5.49. The van der Waals surface area contributed by atoms with E-state index in [9.17, 15) is 9.50 Å². The molecule has 0 fully saturated rings. The van der Waals surface area contributed by atoms with Crippen molar-refractivity contribution in [2.24, 2.45) is 5.41 Å². The van der Waals surface area contributed by atoms with Gasteiger partial charge >= 0.3 is 0 Å². The lowest BCUT2D eigenvalue weighted by molar-refractivity contribution is 0.0559. The Morgan fingerprint density at radius 3 is 2.44 bits per heavy atom. The molecule has 1 nitrogen and oxygen atoms in total. The Hall–Kier alpha value is -0.890. The molecule has 90 valence electrons. The summed E-state index contributed by atoms with van der Waals surface area (Å²) in [7, 11) is 0. The van der Waals surface area contributed by atoms with E-state index in [0.29, 0.717) is 0 Å². The van der Waals surface area contributed by atoms with Gasteiger partial charge in [0.2, 0.25) is 0 Å². The molecule has 0 amide bonds. The van der Waals surface area contributed by atoms with Crippen LogP contribution in [0.15, 0.2) is 18.2 Å². The van der Waals surface area contributed by atoms with Crippen molar-refractivity contribution in [1.82, 2.24) is 0 Å². The van der Waals surface area contributed by atoms with Crippen LogP contribution in [0.1, 0.15) is 38.3 Å². The molecule has 0 aliphatic heterocycles. The molecule has 1 rings (SSSR count). The van der Waals surface area contributed by atoms with Gasteiger partial charge in [-0.1, -0.05) is 26.8 Å². The Morgan fingerprint density at radius 2 is 1.94 bits per heavy atom. The van der Waals surface area contributed by atoms with Crippen molar-refractivity contribution in [3.05, 3.63) is 35.1 Å². The number of hydrogen-bond acceptors (Lipinski definition) is 1. The predicted octanol–water partition coefficient (Wildman–Crippen LogP) is 3.47. The van der Waals surface area contributed by atoms with Gasteiger partial charge in [-0.05, 0) is 48.4 Å². The van der Waals surface area contributed by atoms with Crippen molar-refractivity contribution in [2.45, 2.75) is 46.6 Å². The number of aliphatic hydroxyl groups is 1. The fraction of sp³-hybridized carbons (Fsp3) is 0.571. The van der Waals surface area contributed by atoms with Crippen LogP contribution in [-0.4, -0.2) is 11.2 Å².